The lowest BCUT2D eigenvalue weighted by molar-refractivity contribution is -0.111. The fraction of sp³-hybridized carbons (Fsp3) is 0.273. The predicted molar refractivity (Wildman–Crippen MR) is 54.5 cm³/mol. The Morgan fingerprint density at radius 2 is 2.07 bits per heavy atom. The molecular formula is C11H12FNO. The maximum Gasteiger partial charge on any atom is 0.173 e. The average Bonchev–Trinajstić information content (AvgIpc) is 2.16. The molecule has 0 unspecified atom stereocenters. The van der Waals surface area contributed by atoms with Crippen LogP contribution in [-0.2, 0) is 4.79 Å². The molecule has 0 aliphatic rings. The van der Waals surface area contributed by atoms with Gasteiger partial charge in [-0.2, -0.15) is 0 Å². The van der Waals surface area contributed by atoms with Crippen LogP contribution >= 0.6 is 0 Å². The van der Waals surface area contributed by atoms with E-state index < -0.39 is 5.82 Å². The number of ketones is 1. The van der Waals surface area contributed by atoms with Crippen molar-refractivity contribution in [3.8, 4) is 0 Å². The highest BCUT2D eigenvalue weighted by Crippen LogP contribution is 2.17. The van der Waals surface area contributed by atoms with Crippen molar-refractivity contribution in [3.63, 3.8) is 0 Å². The fourth-order valence-corrected chi connectivity index (χ4v) is 1.09. The summed E-state index contributed by atoms with van der Waals surface area (Å²) in [7, 11) is 0. The smallest absolute Gasteiger partial charge is 0.173 e. The quantitative estimate of drug-likeness (QED) is 0.678. The SMILES string of the molecule is CCC(=Nc1ccccc1F)C(C)=O. The third-order valence-electron chi connectivity index (χ3n) is 1.85. The molecule has 0 heterocycles. The summed E-state index contributed by atoms with van der Waals surface area (Å²) in [5.41, 5.74) is 0.620. The second-order valence-corrected chi connectivity index (χ2v) is 2.92. The van der Waals surface area contributed by atoms with Crippen LogP contribution in [0.2, 0.25) is 0 Å². The van der Waals surface area contributed by atoms with Gasteiger partial charge in [0.1, 0.15) is 5.82 Å². The van der Waals surface area contributed by atoms with Gasteiger partial charge in [0.15, 0.2) is 5.78 Å². The van der Waals surface area contributed by atoms with E-state index in [0.717, 1.165) is 0 Å². The molecule has 0 aliphatic carbocycles. The molecule has 0 radical (unpaired) electrons. The number of hydrogen-bond acceptors (Lipinski definition) is 2. The van der Waals surface area contributed by atoms with E-state index in [-0.39, 0.29) is 11.5 Å². The topological polar surface area (TPSA) is 29.4 Å². The summed E-state index contributed by atoms with van der Waals surface area (Å²) < 4.78 is 13.1. The number of para-hydroxylation sites is 1. The molecule has 1 aromatic carbocycles. The highest BCUT2D eigenvalue weighted by molar-refractivity contribution is 6.39. The van der Waals surface area contributed by atoms with Crippen molar-refractivity contribution in [2.45, 2.75) is 20.3 Å². The first-order valence-electron chi connectivity index (χ1n) is 4.48. The van der Waals surface area contributed by atoms with E-state index in [4.69, 9.17) is 0 Å². The molecule has 0 aromatic heterocycles. The van der Waals surface area contributed by atoms with Crippen molar-refractivity contribution in [2.24, 2.45) is 4.99 Å². The van der Waals surface area contributed by atoms with E-state index in [9.17, 15) is 9.18 Å². The fourth-order valence-electron chi connectivity index (χ4n) is 1.09. The zero-order valence-corrected chi connectivity index (χ0v) is 8.25. The maximum atomic E-state index is 13.1. The molecular weight excluding hydrogens is 181 g/mol. The minimum Gasteiger partial charge on any atom is -0.293 e. The van der Waals surface area contributed by atoms with Crippen LogP contribution in [0.15, 0.2) is 29.3 Å². The molecule has 14 heavy (non-hydrogen) atoms. The van der Waals surface area contributed by atoms with Crippen LogP contribution in [0.4, 0.5) is 10.1 Å². The van der Waals surface area contributed by atoms with E-state index in [0.29, 0.717) is 12.1 Å². The highest BCUT2D eigenvalue weighted by atomic mass is 19.1. The third-order valence-corrected chi connectivity index (χ3v) is 1.85. The van der Waals surface area contributed by atoms with Crippen LogP contribution in [0, 0.1) is 5.82 Å². The molecule has 0 aliphatic heterocycles. The van der Waals surface area contributed by atoms with Crippen LogP contribution in [0.1, 0.15) is 20.3 Å². The Bertz CT molecular complexity index is 371. The van der Waals surface area contributed by atoms with Crippen molar-refractivity contribution in [1.82, 2.24) is 0 Å². The molecule has 0 N–H and O–H groups in total. The molecule has 1 rings (SSSR count). The Labute approximate surface area is 82.5 Å². The number of benzene rings is 1. The number of hydrogen-bond donors (Lipinski definition) is 0. The number of carbonyl (C=O) groups is 1. The largest absolute Gasteiger partial charge is 0.293 e. The van der Waals surface area contributed by atoms with E-state index >= 15 is 0 Å². The van der Waals surface area contributed by atoms with E-state index in [1.807, 2.05) is 6.92 Å². The summed E-state index contributed by atoms with van der Waals surface area (Å²) >= 11 is 0. The van der Waals surface area contributed by atoms with Crippen molar-refractivity contribution >= 4 is 17.2 Å². The van der Waals surface area contributed by atoms with Crippen LogP contribution < -0.4 is 0 Å². The second kappa shape index (κ2) is 4.65. The summed E-state index contributed by atoms with van der Waals surface area (Å²) in [6, 6.07) is 6.16. The lowest BCUT2D eigenvalue weighted by Crippen LogP contribution is -2.07. The third kappa shape index (κ3) is 2.49. The molecule has 0 saturated carbocycles. The van der Waals surface area contributed by atoms with E-state index in [2.05, 4.69) is 4.99 Å². The molecule has 2 nitrogen and oxygen atoms in total. The standard InChI is InChI=1S/C11H12FNO/c1-3-10(8(2)14)13-11-7-5-4-6-9(11)12/h4-7H,3H2,1-2H3. The zero-order chi connectivity index (χ0) is 10.6. The zero-order valence-electron chi connectivity index (χ0n) is 8.25. The molecule has 74 valence electrons. The number of aliphatic imine (C=N–C) groups is 1. The van der Waals surface area contributed by atoms with Gasteiger partial charge in [0, 0.05) is 6.92 Å². The first kappa shape index (κ1) is 10.6. The molecule has 0 amide bonds. The lowest BCUT2D eigenvalue weighted by Gasteiger charge is -1.99. The molecule has 3 heteroatoms. The Balaban J connectivity index is 3.07. The monoisotopic (exact) mass is 193 g/mol. The van der Waals surface area contributed by atoms with Crippen molar-refractivity contribution in [3.05, 3.63) is 30.1 Å². The van der Waals surface area contributed by atoms with Gasteiger partial charge < -0.3 is 0 Å². The highest BCUT2D eigenvalue weighted by Gasteiger charge is 2.04. The summed E-state index contributed by atoms with van der Waals surface area (Å²) in [6.07, 6.45) is 0.518. The summed E-state index contributed by atoms with van der Waals surface area (Å²) in [4.78, 5) is 15.0. The maximum absolute atomic E-state index is 13.1. The Kier molecular flexibility index (Phi) is 3.51. The predicted octanol–water partition coefficient (Wildman–Crippen LogP) is 2.90. The van der Waals surface area contributed by atoms with Gasteiger partial charge in [-0.3, -0.25) is 4.79 Å². The normalized spacial score (nSPS) is 11.5. The van der Waals surface area contributed by atoms with Gasteiger partial charge in [0.2, 0.25) is 0 Å². The van der Waals surface area contributed by atoms with Crippen LogP contribution in [-0.4, -0.2) is 11.5 Å². The summed E-state index contributed by atoms with van der Waals surface area (Å²) in [6.45, 7) is 3.25. The molecule has 0 fully saturated rings. The van der Waals surface area contributed by atoms with E-state index in [1.165, 1.54) is 13.0 Å². The van der Waals surface area contributed by atoms with Crippen LogP contribution in [0.5, 0.6) is 0 Å². The molecule has 0 bridgehead atoms. The van der Waals surface area contributed by atoms with Gasteiger partial charge in [-0.05, 0) is 18.6 Å². The molecule has 1 aromatic rings. The number of rotatable bonds is 3. The first-order valence-corrected chi connectivity index (χ1v) is 4.48. The number of carbonyl (C=O) groups excluding carboxylic acids is 1. The number of Topliss-reactive ketones (excluding diaryl/α,β-unsaturated/α-hetero) is 1. The van der Waals surface area contributed by atoms with Crippen molar-refractivity contribution < 1.29 is 9.18 Å². The minimum absolute atomic E-state index is 0.115. The van der Waals surface area contributed by atoms with Crippen LogP contribution in [0.3, 0.4) is 0 Å². The lowest BCUT2D eigenvalue weighted by atomic mass is 10.2. The summed E-state index contributed by atoms with van der Waals surface area (Å²) in [5, 5.41) is 0. The van der Waals surface area contributed by atoms with Gasteiger partial charge in [-0.15, -0.1) is 0 Å². The van der Waals surface area contributed by atoms with Gasteiger partial charge in [0.05, 0.1) is 11.4 Å². The van der Waals surface area contributed by atoms with Crippen molar-refractivity contribution in [1.29, 1.82) is 0 Å². The average molecular weight is 193 g/mol. The molecule has 0 saturated heterocycles. The Hall–Kier alpha value is -1.51. The summed E-state index contributed by atoms with van der Waals surface area (Å²) in [5.74, 6) is -0.518. The first-order chi connectivity index (χ1) is 6.65. The number of nitrogens with zero attached hydrogens (tertiary/aromatic N) is 1. The Morgan fingerprint density at radius 3 is 2.57 bits per heavy atom. The van der Waals surface area contributed by atoms with Gasteiger partial charge >= 0.3 is 0 Å². The van der Waals surface area contributed by atoms with E-state index in [1.54, 1.807) is 18.2 Å². The molecule has 0 spiro atoms. The van der Waals surface area contributed by atoms with Gasteiger partial charge in [-0.25, -0.2) is 9.38 Å². The van der Waals surface area contributed by atoms with Crippen molar-refractivity contribution in [2.75, 3.05) is 0 Å². The number of halogens is 1. The Morgan fingerprint density at radius 1 is 1.43 bits per heavy atom. The van der Waals surface area contributed by atoms with Gasteiger partial charge in [0.25, 0.3) is 0 Å². The van der Waals surface area contributed by atoms with Gasteiger partial charge in [-0.1, -0.05) is 19.1 Å². The molecule has 0 atom stereocenters. The van der Waals surface area contributed by atoms with Crippen LogP contribution in [0.25, 0.3) is 0 Å². The second-order valence-electron chi connectivity index (χ2n) is 2.92. The minimum atomic E-state index is -0.403.